The normalized spacial score (nSPS) is 24.6. The number of benzene rings is 1. The van der Waals surface area contributed by atoms with Gasteiger partial charge in [0.25, 0.3) is 0 Å². The van der Waals surface area contributed by atoms with Gasteiger partial charge in [-0.1, -0.05) is 12.1 Å². The highest BCUT2D eigenvalue weighted by molar-refractivity contribution is 7.98. The number of hydrogen-bond acceptors (Lipinski definition) is 2. The van der Waals surface area contributed by atoms with E-state index in [-0.39, 0.29) is 5.82 Å². The molecule has 1 aromatic rings. The summed E-state index contributed by atoms with van der Waals surface area (Å²) in [5, 5.41) is 3.67. The van der Waals surface area contributed by atoms with E-state index in [9.17, 15) is 4.39 Å². The number of thioether (sulfide) groups is 1. The van der Waals surface area contributed by atoms with E-state index >= 15 is 0 Å². The van der Waals surface area contributed by atoms with Crippen molar-refractivity contribution >= 4 is 11.8 Å². The Bertz CT molecular complexity index is 359. The summed E-state index contributed by atoms with van der Waals surface area (Å²) in [7, 11) is 0. The highest BCUT2D eigenvalue weighted by atomic mass is 32.2. The Morgan fingerprint density at radius 3 is 2.61 bits per heavy atom. The van der Waals surface area contributed by atoms with Crippen molar-refractivity contribution in [1.29, 1.82) is 0 Å². The molecule has 3 heteroatoms. The Kier molecular flexibility index (Phi) is 5.07. The van der Waals surface area contributed by atoms with Crippen LogP contribution in [0.4, 0.5) is 4.39 Å². The topological polar surface area (TPSA) is 12.0 Å². The molecule has 0 amide bonds. The summed E-state index contributed by atoms with van der Waals surface area (Å²) in [6, 6.07) is 8.24. The quantitative estimate of drug-likeness (QED) is 0.841. The summed E-state index contributed by atoms with van der Waals surface area (Å²) in [6.07, 6.45) is 5.77. The first-order chi connectivity index (χ1) is 8.69. The van der Waals surface area contributed by atoms with E-state index in [0.29, 0.717) is 18.0 Å². The van der Waals surface area contributed by atoms with Gasteiger partial charge in [-0.2, -0.15) is 11.8 Å². The molecule has 1 fully saturated rings. The molecule has 1 aliphatic carbocycles. The molecule has 2 rings (SSSR count). The van der Waals surface area contributed by atoms with Gasteiger partial charge in [-0.3, -0.25) is 0 Å². The second-order valence-electron chi connectivity index (χ2n) is 5.27. The molecule has 0 saturated heterocycles. The molecule has 0 heterocycles. The van der Waals surface area contributed by atoms with Crippen LogP contribution in [0.25, 0.3) is 0 Å². The minimum absolute atomic E-state index is 0.140. The number of nitrogens with one attached hydrogen (secondary N) is 1. The van der Waals surface area contributed by atoms with Crippen LogP contribution >= 0.6 is 11.8 Å². The maximum atomic E-state index is 12.8. The third kappa shape index (κ3) is 3.72. The molecule has 1 atom stereocenters. The monoisotopic (exact) mass is 267 g/mol. The standard InChI is InChI=1S/C15H22FNS/c1-11(7-8-18-2)17-15-9-13(10-15)12-3-5-14(16)6-4-12/h3-6,11,13,15,17H,7-10H2,1-2H3. The zero-order chi connectivity index (χ0) is 13.0. The molecule has 1 nitrogen and oxygen atoms in total. The van der Waals surface area contributed by atoms with Crippen LogP contribution in [0.5, 0.6) is 0 Å². The lowest BCUT2D eigenvalue weighted by atomic mass is 9.75. The minimum Gasteiger partial charge on any atom is -0.311 e. The van der Waals surface area contributed by atoms with Crippen LogP contribution in [0.3, 0.4) is 0 Å². The molecule has 1 aliphatic rings. The largest absolute Gasteiger partial charge is 0.311 e. The Morgan fingerprint density at radius 2 is 2.00 bits per heavy atom. The van der Waals surface area contributed by atoms with Gasteiger partial charge in [-0.25, -0.2) is 4.39 Å². The fourth-order valence-corrected chi connectivity index (χ4v) is 3.13. The fourth-order valence-electron chi connectivity index (χ4n) is 2.54. The van der Waals surface area contributed by atoms with Gasteiger partial charge in [0.1, 0.15) is 5.82 Å². The zero-order valence-corrected chi connectivity index (χ0v) is 12.0. The Labute approximate surface area is 114 Å². The van der Waals surface area contributed by atoms with Crippen molar-refractivity contribution in [1.82, 2.24) is 5.32 Å². The predicted octanol–water partition coefficient (Wildman–Crippen LogP) is 3.80. The smallest absolute Gasteiger partial charge is 0.123 e. The summed E-state index contributed by atoms with van der Waals surface area (Å²) < 4.78 is 12.8. The first-order valence-corrected chi connectivity index (χ1v) is 8.09. The summed E-state index contributed by atoms with van der Waals surface area (Å²) in [5.74, 6) is 1.71. The van der Waals surface area contributed by atoms with E-state index < -0.39 is 0 Å². The Morgan fingerprint density at radius 1 is 1.33 bits per heavy atom. The van der Waals surface area contributed by atoms with E-state index in [2.05, 4.69) is 18.5 Å². The van der Waals surface area contributed by atoms with Gasteiger partial charge >= 0.3 is 0 Å². The van der Waals surface area contributed by atoms with Crippen molar-refractivity contribution in [3.05, 3.63) is 35.6 Å². The molecule has 0 radical (unpaired) electrons. The van der Waals surface area contributed by atoms with Gasteiger partial charge in [0.05, 0.1) is 0 Å². The molecular weight excluding hydrogens is 245 g/mol. The van der Waals surface area contributed by atoms with Crippen LogP contribution in [-0.2, 0) is 0 Å². The van der Waals surface area contributed by atoms with E-state index in [4.69, 9.17) is 0 Å². The lowest BCUT2D eigenvalue weighted by Crippen LogP contribution is -2.44. The van der Waals surface area contributed by atoms with Crippen LogP contribution < -0.4 is 5.32 Å². The molecule has 18 heavy (non-hydrogen) atoms. The molecular formula is C15H22FNS. The molecule has 0 aliphatic heterocycles. The first-order valence-electron chi connectivity index (χ1n) is 6.69. The van der Waals surface area contributed by atoms with E-state index in [1.54, 1.807) is 12.1 Å². The number of halogens is 1. The number of hydrogen-bond donors (Lipinski definition) is 1. The molecule has 0 spiro atoms. The van der Waals surface area contributed by atoms with Gasteiger partial charge in [0.2, 0.25) is 0 Å². The summed E-state index contributed by atoms with van der Waals surface area (Å²) in [6.45, 7) is 2.27. The summed E-state index contributed by atoms with van der Waals surface area (Å²) in [4.78, 5) is 0. The molecule has 0 bridgehead atoms. The highest BCUT2D eigenvalue weighted by Crippen LogP contribution is 2.37. The fraction of sp³-hybridized carbons (Fsp3) is 0.600. The van der Waals surface area contributed by atoms with E-state index in [0.717, 1.165) is 0 Å². The Hall–Kier alpha value is -0.540. The molecule has 1 aromatic carbocycles. The van der Waals surface area contributed by atoms with Gasteiger partial charge in [0, 0.05) is 12.1 Å². The molecule has 0 aromatic heterocycles. The molecule has 1 unspecified atom stereocenters. The third-order valence-electron chi connectivity index (χ3n) is 3.75. The highest BCUT2D eigenvalue weighted by Gasteiger charge is 2.30. The van der Waals surface area contributed by atoms with E-state index in [1.165, 1.54) is 30.6 Å². The van der Waals surface area contributed by atoms with Crippen LogP contribution in [-0.4, -0.2) is 24.1 Å². The van der Waals surface area contributed by atoms with Crippen molar-refractivity contribution in [2.24, 2.45) is 0 Å². The SMILES string of the molecule is CSCCC(C)NC1CC(c2ccc(F)cc2)C1. The van der Waals surface area contributed by atoms with Crippen molar-refractivity contribution in [3.8, 4) is 0 Å². The molecule has 1 N–H and O–H groups in total. The van der Waals surface area contributed by atoms with Gasteiger partial charge in [0.15, 0.2) is 0 Å². The van der Waals surface area contributed by atoms with Crippen LogP contribution in [0.1, 0.15) is 37.7 Å². The van der Waals surface area contributed by atoms with Crippen molar-refractivity contribution in [2.75, 3.05) is 12.0 Å². The Balaban J connectivity index is 1.72. The lowest BCUT2D eigenvalue weighted by molar-refractivity contribution is 0.268. The summed E-state index contributed by atoms with van der Waals surface area (Å²) in [5.41, 5.74) is 1.28. The maximum Gasteiger partial charge on any atom is 0.123 e. The zero-order valence-electron chi connectivity index (χ0n) is 11.2. The first kappa shape index (κ1) is 13.9. The second-order valence-corrected chi connectivity index (χ2v) is 6.25. The summed E-state index contributed by atoms with van der Waals surface area (Å²) >= 11 is 1.91. The van der Waals surface area contributed by atoms with Crippen LogP contribution in [0, 0.1) is 5.82 Å². The maximum absolute atomic E-state index is 12.8. The molecule has 100 valence electrons. The van der Waals surface area contributed by atoms with Crippen LogP contribution in [0.15, 0.2) is 24.3 Å². The van der Waals surface area contributed by atoms with Gasteiger partial charge < -0.3 is 5.32 Å². The van der Waals surface area contributed by atoms with Gasteiger partial charge in [-0.05, 0) is 61.8 Å². The number of rotatable bonds is 6. The van der Waals surface area contributed by atoms with Gasteiger partial charge in [-0.15, -0.1) is 0 Å². The van der Waals surface area contributed by atoms with E-state index in [1.807, 2.05) is 23.9 Å². The van der Waals surface area contributed by atoms with Crippen molar-refractivity contribution in [2.45, 2.75) is 44.2 Å². The lowest BCUT2D eigenvalue weighted by Gasteiger charge is -2.38. The molecule has 1 saturated carbocycles. The van der Waals surface area contributed by atoms with Crippen LogP contribution in [0.2, 0.25) is 0 Å². The third-order valence-corrected chi connectivity index (χ3v) is 4.40. The second kappa shape index (κ2) is 6.58. The van der Waals surface area contributed by atoms with Crippen molar-refractivity contribution < 1.29 is 4.39 Å². The van der Waals surface area contributed by atoms with Crippen molar-refractivity contribution in [3.63, 3.8) is 0 Å². The average Bonchev–Trinajstić information content (AvgIpc) is 2.32. The minimum atomic E-state index is -0.140. The average molecular weight is 267 g/mol. The predicted molar refractivity (Wildman–Crippen MR) is 77.8 cm³/mol.